The quantitative estimate of drug-likeness (QED) is 0.463. The molecule has 0 aromatic rings. The van der Waals surface area contributed by atoms with Gasteiger partial charge in [0.05, 0.1) is 25.7 Å². The van der Waals surface area contributed by atoms with Crippen LogP contribution in [0.3, 0.4) is 0 Å². The maximum Gasteiger partial charge on any atom is 0.412 e. The van der Waals surface area contributed by atoms with Gasteiger partial charge in [-0.1, -0.05) is 20.8 Å². The predicted octanol–water partition coefficient (Wildman–Crippen LogP) is 4.42. The van der Waals surface area contributed by atoms with Gasteiger partial charge in [-0.2, -0.15) is 0 Å². The lowest BCUT2D eigenvalue weighted by Gasteiger charge is -2.36. The zero-order valence-corrected chi connectivity index (χ0v) is 21.6. The minimum atomic E-state index is -1.96. The number of methoxy groups -OCH3 is 1. The molecule has 2 fully saturated rings. The molecule has 0 spiro atoms. The summed E-state index contributed by atoms with van der Waals surface area (Å²) < 4.78 is 23.1. The fourth-order valence-electron chi connectivity index (χ4n) is 3.91. The summed E-state index contributed by atoms with van der Waals surface area (Å²) in [5.41, 5.74) is -1.42. The van der Waals surface area contributed by atoms with E-state index < -0.39 is 25.7 Å². The zero-order valence-electron chi connectivity index (χ0n) is 20.6. The van der Waals surface area contributed by atoms with Crippen LogP contribution in [-0.2, 0) is 23.4 Å². The molecule has 0 aromatic carbocycles. The lowest BCUT2D eigenvalue weighted by atomic mass is 10.1. The molecule has 8 heteroatoms. The topological polar surface area (TPSA) is 74.3 Å². The van der Waals surface area contributed by atoms with Gasteiger partial charge in [0.15, 0.2) is 8.32 Å². The molecule has 0 unspecified atom stereocenters. The Morgan fingerprint density at radius 1 is 1.13 bits per heavy atom. The van der Waals surface area contributed by atoms with Crippen molar-refractivity contribution in [3.8, 4) is 0 Å². The molecule has 0 bridgehead atoms. The van der Waals surface area contributed by atoms with E-state index in [0.717, 1.165) is 0 Å². The highest BCUT2D eigenvalue weighted by Gasteiger charge is 2.64. The highest BCUT2D eigenvalue weighted by Crippen LogP contribution is 2.54. The van der Waals surface area contributed by atoms with E-state index in [9.17, 15) is 9.59 Å². The molecule has 2 aliphatic rings. The molecule has 1 aliphatic carbocycles. The highest BCUT2D eigenvalue weighted by atomic mass is 28.4. The number of carbonyl (C=O) groups excluding carboxylic acids is 2. The van der Waals surface area contributed by atoms with Gasteiger partial charge < -0.3 is 18.6 Å². The van der Waals surface area contributed by atoms with E-state index in [1.165, 1.54) is 7.11 Å². The molecule has 4 atom stereocenters. The molecular formula is C22H41NO6Si. The van der Waals surface area contributed by atoms with Gasteiger partial charge >= 0.3 is 12.1 Å². The SMILES string of the molecule is COC(=O)[C@@H]1[C@H](CO[Si](C)(C)C(C)(C)C)[C@H]1[C@H]1COC(C)(C)N1C(=O)OC(C)(C)C. The average Bonchev–Trinajstić information content (AvgIpc) is 3.18. The molecule has 1 heterocycles. The van der Waals surface area contributed by atoms with Gasteiger partial charge in [-0.3, -0.25) is 9.69 Å². The molecule has 0 aromatic heterocycles. The first-order valence-corrected chi connectivity index (χ1v) is 13.7. The monoisotopic (exact) mass is 443 g/mol. The Balaban J connectivity index is 2.23. The molecule has 174 valence electrons. The van der Waals surface area contributed by atoms with E-state index in [2.05, 4.69) is 33.9 Å². The summed E-state index contributed by atoms with van der Waals surface area (Å²) >= 11 is 0. The number of carbonyl (C=O) groups is 2. The molecule has 2 rings (SSSR count). The number of hydrogen-bond acceptors (Lipinski definition) is 6. The van der Waals surface area contributed by atoms with Crippen LogP contribution in [0, 0.1) is 17.8 Å². The number of rotatable bonds is 5. The first kappa shape index (κ1) is 25.1. The van der Waals surface area contributed by atoms with Crippen molar-refractivity contribution < 1.29 is 28.2 Å². The van der Waals surface area contributed by atoms with Gasteiger partial charge in [-0.15, -0.1) is 0 Å². The van der Waals surface area contributed by atoms with Crippen LogP contribution in [0.1, 0.15) is 55.4 Å². The summed E-state index contributed by atoms with van der Waals surface area (Å²) in [5.74, 6) is -0.625. The van der Waals surface area contributed by atoms with Crippen molar-refractivity contribution in [2.75, 3.05) is 20.3 Å². The van der Waals surface area contributed by atoms with Gasteiger partial charge in [-0.25, -0.2) is 4.79 Å². The largest absolute Gasteiger partial charge is 0.469 e. The third-order valence-electron chi connectivity index (χ3n) is 6.70. The zero-order chi connectivity index (χ0) is 23.3. The molecular weight excluding hydrogens is 402 g/mol. The Hall–Kier alpha value is -1.12. The fourth-order valence-corrected chi connectivity index (χ4v) is 4.95. The summed E-state index contributed by atoms with van der Waals surface area (Å²) in [4.78, 5) is 27.2. The van der Waals surface area contributed by atoms with E-state index in [4.69, 9.17) is 18.6 Å². The van der Waals surface area contributed by atoms with Crippen LogP contribution in [0.4, 0.5) is 4.79 Å². The summed E-state index contributed by atoms with van der Waals surface area (Å²) in [6, 6.07) is -0.257. The summed E-state index contributed by atoms with van der Waals surface area (Å²) in [7, 11) is -0.552. The third-order valence-corrected chi connectivity index (χ3v) is 11.2. The number of ether oxygens (including phenoxy) is 3. The van der Waals surface area contributed by atoms with Crippen LogP contribution < -0.4 is 0 Å². The van der Waals surface area contributed by atoms with Gasteiger partial charge in [0.25, 0.3) is 0 Å². The van der Waals surface area contributed by atoms with Crippen molar-refractivity contribution in [1.82, 2.24) is 4.90 Å². The van der Waals surface area contributed by atoms with Crippen molar-refractivity contribution in [1.29, 1.82) is 0 Å². The molecule has 1 aliphatic heterocycles. The summed E-state index contributed by atoms with van der Waals surface area (Å²) in [6.45, 7) is 21.1. The van der Waals surface area contributed by atoms with E-state index in [1.54, 1.807) is 4.90 Å². The van der Waals surface area contributed by atoms with Crippen LogP contribution in [0.15, 0.2) is 0 Å². The van der Waals surface area contributed by atoms with Gasteiger partial charge in [0.2, 0.25) is 0 Å². The highest BCUT2D eigenvalue weighted by molar-refractivity contribution is 6.74. The summed E-state index contributed by atoms with van der Waals surface area (Å²) in [6.07, 6.45) is -0.422. The molecule has 1 amide bonds. The minimum absolute atomic E-state index is 0.000915. The number of nitrogens with zero attached hydrogens (tertiary/aromatic N) is 1. The Labute approximate surface area is 182 Å². The Morgan fingerprint density at radius 2 is 1.70 bits per heavy atom. The number of amides is 1. The van der Waals surface area contributed by atoms with Crippen molar-refractivity contribution in [2.45, 2.75) is 90.9 Å². The van der Waals surface area contributed by atoms with Gasteiger partial charge in [0, 0.05) is 18.4 Å². The molecule has 0 radical (unpaired) electrons. The van der Waals surface area contributed by atoms with Crippen LogP contribution in [0.25, 0.3) is 0 Å². The smallest absolute Gasteiger partial charge is 0.412 e. The Morgan fingerprint density at radius 3 is 2.17 bits per heavy atom. The number of esters is 1. The number of hydrogen-bond donors (Lipinski definition) is 0. The lowest BCUT2D eigenvalue weighted by Crippen LogP contribution is -2.51. The van der Waals surface area contributed by atoms with Crippen molar-refractivity contribution in [3.05, 3.63) is 0 Å². The van der Waals surface area contributed by atoms with Crippen molar-refractivity contribution in [2.24, 2.45) is 17.8 Å². The standard InChI is InChI=1S/C22H41NO6Si/c1-20(2,3)29-19(25)23-15(13-27-22(23,7)8)16-14(17(16)18(24)26-9)12-28-30(10,11)21(4,5)6/h14-17H,12-13H2,1-11H3/t14-,15-,16+,17-/m1/s1. The van der Waals surface area contributed by atoms with Crippen molar-refractivity contribution in [3.63, 3.8) is 0 Å². The molecule has 1 saturated heterocycles. The van der Waals surface area contributed by atoms with E-state index in [0.29, 0.717) is 13.2 Å². The second-order valence-corrected chi connectivity index (χ2v) is 16.3. The van der Waals surface area contributed by atoms with Crippen LogP contribution >= 0.6 is 0 Å². The van der Waals surface area contributed by atoms with E-state index >= 15 is 0 Å². The van der Waals surface area contributed by atoms with Crippen LogP contribution in [-0.4, -0.2) is 63.0 Å². The molecule has 30 heavy (non-hydrogen) atoms. The molecule has 0 N–H and O–H groups in total. The first-order chi connectivity index (χ1) is 13.4. The third kappa shape index (κ3) is 5.19. The maximum atomic E-state index is 13.0. The first-order valence-electron chi connectivity index (χ1n) is 10.8. The van der Waals surface area contributed by atoms with Gasteiger partial charge in [-0.05, 0) is 52.8 Å². The van der Waals surface area contributed by atoms with E-state index in [1.807, 2.05) is 34.6 Å². The van der Waals surface area contributed by atoms with Gasteiger partial charge in [0.1, 0.15) is 11.3 Å². The minimum Gasteiger partial charge on any atom is -0.469 e. The average molecular weight is 444 g/mol. The molecule has 1 saturated carbocycles. The fraction of sp³-hybridized carbons (Fsp3) is 0.909. The normalized spacial score (nSPS) is 29.0. The second kappa shape index (κ2) is 8.09. The van der Waals surface area contributed by atoms with Crippen LogP contribution in [0.5, 0.6) is 0 Å². The van der Waals surface area contributed by atoms with E-state index in [-0.39, 0.29) is 34.8 Å². The molecule has 7 nitrogen and oxygen atoms in total. The second-order valence-electron chi connectivity index (χ2n) is 11.5. The van der Waals surface area contributed by atoms with Crippen LogP contribution in [0.2, 0.25) is 18.1 Å². The predicted molar refractivity (Wildman–Crippen MR) is 118 cm³/mol. The maximum absolute atomic E-state index is 13.0. The Bertz CT molecular complexity index is 664. The summed E-state index contributed by atoms with van der Waals surface area (Å²) in [5, 5.41) is 0.0825. The Kier molecular flexibility index (Phi) is 6.78. The van der Waals surface area contributed by atoms with Crippen molar-refractivity contribution >= 4 is 20.4 Å². The lowest BCUT2D eigenvalue weighted by molar-refractivity contribution is -0.143.